The zero-order valence-corrected chi connectivity index (χ0v) is 9.56. The number of tetrazole rings is 1. The summed E-state index contributed by atoms with van der Waals surface area (Å²) in [5, 5.41) is 18.8. The number of rotatable bonds is 4. The maximum atomic E-state index is 11.9. The summed E-state index contributed by atoms with van der Waals surface area (Å²) in [7, 11) is -3.76. The van der Waals surface area contributed by atoms with Crippen LogP contribution in [-0.4, -0.2) is 39.2 Å². The Morgan fingerprint density at radius 2 is 2.29 bits per heavy atom. The van der Waals surface area contributed by atoms with Crippen LogP contribution in [0.4, 0.5) is 5.82 Å². The fourth-order valence-corrected chi connectivity index (χ4v) is 2.43. The first-order chi connectivity index (χ1) is 8.00. The number of H-pyrrole nitrogens is 2. The van der Waals surface area contributed by atoms with Crippen LogP contribution < -0.4 is 10.5 Å². The minimum absolute atomic E-state index is 0.0298. The van der Waals surface area contributed by atoms with E-state index in [4.69, 9.17) is 5.73 Å². The van der Waals surface area contributed by atoms with Gasteiger partial charge in [0.25, 0.3) is 0 Å². The Kier molecular flexibility index (Phi) is 2.77. The van der Waals surface area contributed by atoms with Gasteiger partial charge in [-0.15, -0.1) is 10.2 Å². The van der Waals surface area contributed by atoms with Crippen molar-refractivity contribution < 1.29 is 8.42 Å². The van der Waals surface area contributed by atoms with Crippen LogP contribution in [0.25, 0.3) is 0 Å². The second kappa shape index (κ2) is 4.10. The zero-order valence-electron chi connectivity index (χ0n) is 8.75. The van der Waals surface area contributed by atoms with Gasteiger partial charge in [0.15, 0.2) is 5.82 Å². The number of nitrogen functional groups attached to an aromatic ring is 1. The molecule has 2 aromatic rings. The van der Waals surface area contributed by atoms with Crippen molar-refractivity contribution in [1.82, 2.24) is 35.5 Å². The highest BCUT2D eigenvalue weighted by Crippen LogP contribution is 2.16. The molecule has 0 spiro atoms. The molecule has 0 aromatic carbocycles. The Balaban J connectivity index is 2.22. The summed E-state index contributed by atoms with van der Waals surface area (Å²) in [6, 6.07) is -0.631. The highest BCUT2D eigenvalue weighted by Gasteiger charge is 2.23. The lowest BCUT2D eigenvalue weighted by molar-refractivity contribution is 0.560. The van der Waals surface area contributed by atoms with Crippen LogP contribution in [0.3, 0.4) is 0 Å². The second-order valence-corrected chi connectivity index (χ2v) is 4.94. The van der Waals surface area contributed by atoms with E-state index in [1.54, 1.807) is 6.92 Å². The van der Waals surface area contributed by atoms with Crippen LogP contribution in [-0.2, 0) is 10.0 Å². The van der Waals surface area contributed by atoms with Gasteiger partial charge in [0.05, 0.1) is 12.2 Å². The number of nitrogens with two attached hydrogens (primary N) is 1. The standard InChI is InChI=1S/C6H10N8O2S/c1-3(6-10-13-14-11-6)12-17(15,16)4-2-8-9-5(4)7/h2-3,12H,1H3,(H3,7,8,9)(H,10,11,13,14). The number of hydrogen-bond donors (Lipinski definition) is 4. The van der Waals surface area contributed by atoms with Gasteiger partial charge in [0, 0.05) is 0 Å². The number of aromatic amines is 2. The first-order valence-corrected chi connectivity index (χ1v) is 6.03. The number of sulfonamides is 1. The maximum absolute atomic E-state index is 11.9. The predicted molar refractivity (Wildman–Crippen MR) is 55.9 cm³/mol. The Hall–Kier alpha value is -2.01. The normalized spacial score (nSPS) is 13.7. The lowest BCUT2D eigenvalue weighted by Crippen LogP contribution is -2.28. The third kappa shape index (κ3) is 2.24. The van der Waals surface area contributed by atoms with Crippen molar-refractivity contribution >= 4 is 15.8 Å². The average molecular weight is 258 g/mol. The van der Waals surface area contributed by atoms with Crippen molar-refractivity contribution in [3.8, 4) is 0 Å². The molecule has 10 nitrogen and oxygen atoms in total. The highest BCUT2D eigenvalue weighted by atomic mass is 32.2. The molecule has 0 amide bonds. The number of nitrogens with one attached hydrogen (secondary N) is 3. The monoisotopic (exact) mass is 258 g/mol. The summed E-state index contributed by atoms with van der Waals surface area (Å²) in [6.45, 7) is 1.58. The summed E-state index contributed by atoms with van der Waals surface area (Å²) in [4.78, 5) is -0.118. The lowest BCUT2D eigenvalue weighted by atomic mass is 10.4. The van der Waals surface area contributed by atoms with Crippen molar-refractivity contribution in [3.63, 3.8) is 0 Å². The van der Waals surface area contributed by atoms with Gasteiger partial charge in [-0.2, -0.15) is 10.3 Å². The Morgan fingerprint density at radius 1 is 1.53 bits per heavy atom. The Labute approximate surface area is 96.0 Å². The van der Waals surface area contributed by atoms with E-state index in [0.29, 0.717) is 0 Å². The molecule has 2 rings (SSSR count). The van der Waals surface area contributed by atoms with Crippen molar-refractivity contribution in [2.45, 2.75) is 17.9 Å². The lowest BCUT2D eigenvalue weighted by Gasteiger charge is -2.09. The van der Waals surface area contributed by atoms with Gasteiger partial charge in [-0.05, 0) is 6.92 Å². The van der Waals surface area contributed by atoms with Crippen molar-refractivity contribution in [2.24, 2.45) is 0 Å². The highest BCUT2D eigenvalue weighted by molar-refractivity contribution is 7.89. The van der Waals surface area contributed by atoms with E-state index in [1.807, 2.05) is 0 Å². The van der Waals surface area contributed by atoms with E-state index in [9.17, 15) is 8.42 Å². The van der Waals surface area contributed by atoms with Gasteiger partial charge in [-0.1, -0.05) is 5.21 Å². The molecule has 5 N–H and O–H groups in total. The number of anilines is 1. The molecule has 1 unspecified atom stereocenters. The van der Waals surface area contributed by atoms with Crippen LogP contribution >= 0.6 is 0 Å². The molecule has 0 aliphatic heterocycles. The molecule has 0 saturated heterocycles. The number of nitrogens with zero attached hydrogens (tertiary/aromatic N) is 4. The van der Waals surface area contributed by atoms with E-state index in [2.05, 4.69) is 35.5 Å². The van der Waals surface area contributed by atoms with Crippen LogP contribution in [0.2, 0.25) is 0 Å². The zero-order chi connectivity index (χ0) is 12.5. The SMILES string of the molecule is CC(NS(=O)(=O)c1cn[nH]c1N)c1nn[nH]n1. The smallest absolute Gasteiger partial charge is 0.246 e. The summed E-state index contributed by atoms with van der Waals surface area (Å²) in [5.41, 5.74) is 5.43. The largest absolute Gasteiger partial charge is 0.383 e. The number of aromatic nitrogens is 6. The van der Waals surface area contributed by atoms with Gasteiger partial charge in [0.1, 0.15) is 10.7 Å². The Morgan fingerprint density at radius 3 is 2.82 bits per heavy atom. The topological polar surface area (TPSA) is 155 Å². The fourth-order valence-electron chi connectivity index (χ4n) is 1.20. The second-order valence-electron chi connectivity index (χ2n) is 3.26. The predicted octanol–water partition coefficient (Wildman–Crippen LogP) is -1.46. The molecule has 0 fully saturated rings. The quantitative estimate of drug-likeness (QED) is 0.522. The molecule has 2 aromatic heterocycles. The van der Waals surface area contributed by atoms with E-state index >= 15 is 0 Å². The van der Waals surface area contributed by atoms with Gasteiger partial charge in [-0.25, -0.2) is 13.1 Å². The minimum Gasteiger partial charge on any atom is -0.383 e. The fraction of sp³-hybridized carbons (Fsp3) is 0.333. The van der Waals surface area contributed by atoms with E-state index in [-0.39, 0.29) is 16.5 Å². The van der Waals surface area contributed by atoms with Crippen molar-refractivity contribution in [1.29, 1.82) is 0 Å². The summed E-state index contributed by atoms with van der Waals surface area (Å²) < 4.78 is 26.1. The molecule has 11 heteroatoms. The third-order valence-corrected chi connectivity index (χ3v) is 3.57. The van der Waals surface area contributed by atoms with Crippen LogP contribution in [0.1, 0.15) is 18.8 Å². The van der Waals surface area contributed by atoms with Crippen molar-refractivity contribution in [2.75, 3.05) is 5.73 Å². The molecule has 1 atom stereocenters. The molecule has 0 aliphatic rings. The Bertz CT molecular complexity index is 587. The van der Waals surface area contributed by atoms with Crippen LogP contribution in [0, 0.1) is 0 Å². The molecule has 17 heavy (non-hydrogen) atoms. The molecular formula is C6H10N8O2S. The summed E-state index contributed by atoms with van der Waals surface area (Å²) in [5.74, 6) is 0.202. The average Bonchev–Trinajstić information content (AvgIpc) is 2.85. The molecule has 0 aliphatic carbocycles. The molecule has 92 valence electrons. The maximum Gasteiger partial charge on any atom is 0.246 e. The molecular weight excluding hydrogens is 248 g/mol. The number of hydrogen-bond acceptors (Lipinski definition) is 7. The minimum atomic E-state index is -3.76. The molecule has 0 radical (unpaired) electrons. The van der Waals surface area contributed by atoms with Crippen LogP contribution in [0.5, 0.6) is 0 Å². The van der Waals surface area contributed by atoms with Gasteiger partial charge in [-0.3, -0.25) is 5.10 Å². The van der Waals surface area contributed by atoms with Crippen LogP contribution in [0.15, 0.2) is 11.1 Å². The van der Waals surface area contributed by atoms with Crippen molar-refractivity contribution in [3.05, 3.63) is 12.0 Å². The molecule has 0 bridgehead atoms. The van der Waals surface area contributed by atoms with E-state index in [1.165, 1.54) is 0 Å². The van der Waals surface area contributed by atoms with E-state index in [0.717, 1.165) is 6.20 Å². The molecule has 0 saturated carbocycles. The third-order valence-electron chi connectivity index (χ3n) is 2.00. The van der Waals surface area contributed by atoms with Gasteiger partial charge in [0.2, 0.25) is 10.0 Å². The summed E-state index contributed by atoms with van der Waals surface area (Å²) in [6.07, 6.45) is 1.13. The summed E-state index contributed by atoms with van der Waals surface area (Å²) >= 11 is 0. The van der Waals surface area contributed by atoms with Gasteiger partial charge >= 0.3 is 0 Å². The van der Waals surface area contributed by atoms with Gasteiger partial charge < -0.3 is 5.73 Å². The first-order valence-electron chi connectivity index (χ1n) is 4.55. The van der Waals surface area contributed by atoms with E-state index < -0.39 is 16.1 Å². The first kappa shape index (κ1) is 11.5. The molecule has 2 heterocycles.